The van der Waals surface area contributed by atoms with Crippen LogP contribution in [-0.2, 0) is 0 Å². The van der Waals surface area contributed by atoms with E-state index in [1.165, 1.54) is 6.42 Å². The molecule has 13 heavy (non-hydrogen) atoms. The van der Waals surface area contributed by atoms with E-state index in [-0.39, 0.29) is 5.92 Å². The van der Waals surface area contributed by atoms with E-state index < -0.39 is 5.60 Å². The van der Waals surface area contributed by atoms with E-state index in [1.54, 1.807) is 11.3 Å². The third-order valence-electron chi connectivity index (χ3n) is 2.93. The van der Waals surface area contributed by atoms with Gasteiger partial charge in [0.2, 0.25) is 0 Å². The molecule has 2 nitrogen and oxygen atoms in total. The quantitative estimate of drug-likeness (QED) is 0.750. The van der Waals surface area contributed by atoms with Crippen LogP contribution < -0.4 is 0 Å². The van der Waals surface area contributed by atoms with E-state index in [1.807, 2.05) is 18.5 Å². The van der Waals surface area contributed by atoms with Crippen molar-refractivity contribution < 1.29 is 5.11 Å². The van der Waals surface area contributed by atoms with Crippen molar-refractivity contribution in [3.05, 3.63) is 16.6 Å². The fourth-order valence-electron chi connectivity index (χ4n) is 2.11. The molecule has 1 fully saturated rings. The van der Waals surface area contributed by atoms with Gasteiger partial charge in [-0.25, -0.2) is 4.98 Å². The largest absolute Gasteiger partial charge is 0.389 e. The first-order valence-corrected chi connectivity index (χ1v) is 5.70. The van der Waals surface area contributed by atoms with Crippen LogP contribution in [0.5, 0.6) is 0 Å². The molecular formula is C10H15NOS. The highest BCUT2D eigenvalue weighted by atomic mass is 32.1. The van der Waals surface area contributed by atoms with Crippen molar-refractivity contribution >= 4 is 11.3 Å². The van der Waals surface area contributed by atoms with E-state index in [0.717, 1.165) is 24.3 Å². The Morgan fingerprint density at radius 2 is 2.46 bits per heavy atom. The number of hydrogen-bond donors (Lipinski definition) is 1. The van der Waals surface area contributed by atoms with Gasteiger partial charge >= 0.3 is 0 Å². The normalized spacial score (nSPS) is 34.8. The van der Waals surface area contributed by atoms with Crippen LogP contribution in [0.15, 0.2) is 11.6 Å². The summed E-state index contributed by atoms with van der Waals surface area (Å²) in [5.74, 6) is 0.265. The molecule has 0 aliphatic heterocycles. The molecule has 0 spiro atoms. The fourth-order valence-corrected chi connectivity index (χ4v) is 3.03. The molecular weight excluding hydrogens is 182 g/mol. The van der Waals surface area contributed by atoms with Gasteiger partial charge in [-0.3, -0.25) is 0 Å². The Hall–Kier alpha value is -0.410. The van der Waals surface area contributed by atoms with Gasteiger partial charge in [0.15, 0.2) is 0 Å². The molecule has 2 rings (SSSR count). The van der Waals surface area contributed by atoms with Crippen molar-refractivity contribution in [1.82, 2.24) is 4.98 Å². The Kier molecular flexibility index (Phi) is 2.39. The molecule has 1 N–H and O–H groups in total. The summed E-state index contributed by atoms with van der Waals surface area (Å²) < 4.78 is 0. The molecule has 0 amide bonds. The maximum Gasteiger partial charge on any atom is 0.0984 e. The lowest BCUT2D eigenvalue weighted by atomic mass is 9.77. The smallest absolute Gasteiger partial charge is 0.0984 e. The Labute approximate surface area is 82.6 Å². The molecule has 1 aromatic rings. The molecule has 1 aliphatic rings. The summed E-state index contributed by atoms with van der Waals surface area (Å²) in [7, 11) is 0. The fraction of sp³-hybridized carbons (Fsp3) is 0.700. The van der Waals surface area contributed by atoms with Gasteiger partial charge in [-0.15, -0.1) is 11.3 Å². The van der Waals surface area contributed by atoms with Crippen LogP contribution in [-0.4, -0.2) is 15.7 Å². The van der Waals surface area contributed by atoms with Crippen LogP contribution in [0.4, 0.5) is 0 Å². The third kappa shape index (κ3) is 1.76. The van der Waals surface area contributed by atoms with Crippen LogP contribution in [0.25, 0.3) is 0 Å². The highest BCUT2D eigenvalue weighted by Crippen LogP contribution is 2.41. The zero-order valence-corrected chi connectivity index (χ0v) is 8.68. The molecule has 3 heteroatoms. The van der Waals surface area contributed by atoms with Crippen LogP contribution >= 0.6 is 11.3 Å². The van der Waals surface area contributed by atoms with Gasteiger partial charge in [0, 0.05) is 17.5 Å². The molecule has 2 atom stereocenters. The van der Waals surface area contributed by atoms with Gasteiger partial charge < -0.3 is 5.11 Å². The van der Waals surface area contributed by atoms with Crippen molar-refractivity contribution in [3.63, 3.8) is 0 Å². The molecule has 72 valence electrons. The molecule has 0 radical (unpaired) electrons. The first kappa shape index (κ1) is 9.16. The second kappa shape index (κ2) is 3.39. The predicted octanol–water partition coefficient (Wildman–Crippen LogP) is 2.55. The lowest BCUT2D eigenvalue weighted by molar-refractivity contribution is 0.000603. The summed E-state index contributed by atoms with van der Waals surface area (Å²) >= 11 is 1.66. The highest BCUT2D eigenvalue weighted by Gasteiger charge is 2.36. The standard InChI is InChI=1S/C10H15NOS/c1-10(12)5-3-2-4-8(10)9-11-6-7-13-9/h6-8,12H,2-5H2,1H3. The molecule has 1 aliphatic carbocycles. The van der Waals surface area contributed by atoms with E-state index in [2.05, 4.69) is 4.98 Å². The monoisotopic (exact) mass is 197 g/mol. The Morgan fingerprint density at radius 1 is 1.62 bits per heavy atom. The lowest BCUT2D eigenvalue weighted by Gasteiger charge is -2.35. The number of hydrogen-bond acceptors (Lipinski definition) is 3. The minimum Gasteiger partial charge on any atom is -0.389 e. The van der Waals surface area contributed by atoms with Gasteiger partial charge in [0.05, 0.1) is 10.6 Å². The van der Waals surface area contributed by atoms with Gasteiger partial charge in [-0.2, -0.15) is 0 Å². The van der Waals surface area contributed by atoms with E-state index in [9.17, 15) is 5.11 Å². The lowest BCUT2D eigenvalue weighted by Crippen LogP contribution is -2.35. The summed E-state index contributed by atoms with van der Waals surface area (Å²) in [6, 6.07) is 0. The summed E-state index contributed by atoms with van der Waals surface area (Å²) in [5.41, 5.74) is -0.532. The third-order valence-corrected chi connectivity index (χ3v) is 3.82. The summed E-state index contributed by atoms with van der Waals surface area (Å²) in [6.07, 6.45) is 6.19. The second-order valence-corrected chi connectivity index (χ2v) is 4.95. The Bertz CT molecular complexity index is 268. The number of rotatable bonds is 1. The van der Waals surface area contributed by atoms with Gasteiger partial charge in [-0.1, -0.05) is 12.8 Å². The predicted molar refractivity (Wildman–Crippen MR) is 53.9 cm³/mol. The maximum absolute atomic E-state index is 10.2. The number of aliphatic hydroxyl groups is 1. The van der Waals surface area contributed by atoms with E-state index >= 15 is 0 Å². The summed E-state index contributed by atoms with van der Waals surface area (Å²) in [4.78, 5) is 4.29. The molecule has 0 saturated heterocycles. The van der Waals surface area contributed by atoms with Crippen LogP contribution in [0.2, 0.25) is 0 Å². The zero-order chi connectivity index (χ0) is 9.31. The Morgan fingerprint density at radius 3 is 3.08 bits per heavy atom. The topological polar surface area (TPSA) is 33.1 Å². The van der Waals surface area contributed by atoms with E-state index in [4.69, 9.17) is 0 Å². The minimum absolute atomic E-state index is 0.265. The van der Waals surface area contributed by atoms with E-state index in [0.29, 0.717) is 0 Å². The van der Waals surface area contributed by atoms with Crippen molar-refractivity contribution in [2.75, 3.05) is 0 Å². The number of nitrogens with zero attached hydrogens (tertiary/aromatic N) is 1. The average molecular weight is 197 g/mol. The number of thiazole rings is 1. The van der Waals surface area contributed by atoms with Gasteiger partial charge in [0.1, 0.15) is 0 Å². The van der Waals surface area contributed by atoms with Crippen molar-refractivity contribution in [3.8, 4) is 0 Å². The zero-order valence-electron chi connectivity index (χ0n) is 7.86. The van der Waals surface area contributed by atoms with Crippen molar-refractivity contribution in [1.29, 1.82) is 0 Å². The van der Waals surface area contributed by atoms with Crippen molar-refractivity contribution in [2.24, 2.45) is 0 Å². The molecule has 1 heterocycles. The first-order valence-electron chi connectivity index (χ1n) is 4.82. The van der Waals surface area contributed by atoms with Crippen LogP contribution in [0, 0.1) is 0 Å². The molecule has 1 saturated carbocycles. The summed E-state index contributed by atoms with van der Waals surface area (Å²) in [5, 5.41) is 13.3. The Balaban J connectivity index is 2.21. The maximum atomic E-state index is 10.2. The minimum atomic E-state index is -0.532. The molecule has 2 unspecified atom stereocenters. The van der Waals surface area contributed by atoms with Gasteiger partial charge in [-0.05, 0) is 19.8 Å². The molecule has 0 aromatic carbocycles. The molecule has 0 bridgehead atoms. The second-order valence-electron chi connectivity index (χ2n) is 4.03. The summed E-state index contributed by atoms with van der Waals surface area (Å²) in [6.45, 7) is 1.94. The SMILES string of the molecule is CC1(O)CCCCC1c1nccs1. The molecule has 1 aromatic heterocycles. The highest BCUT2D eigenvalue weighted by molar-refractivity contribution is 7.09. The number of aromatic nitrogens is 1. The van der Waals surface area contributed by atoms with Crippen LogP contribution in [0.1, 0.15) is 43.5 Å². The first-order chi connectivity index (χ1) is 6.20. The van der Waals surface area contributed by atoms with Gasteiger partial charge in [0.25, 0.3) is 0 Å². The van der Waals surface area contributed by atoms with Crippen molar-refractivity contribution in [2.45, 2.75) is 44.1 Å². The average Bonchev–Trinajstić information content (AvgIpc) is 2.55. The van der Waals surface area contributed by atoms with Crippen LogP contribution in [0.3, 0.4) is 0 Å².